The number of hydrogen-bond acceptors (Lipinski definition) is 4. The second-order valence-corrected chi connectivity index (χ2v) is 3.54. The third kappa shape index (κ3) is 0.994. The molecule has 1 aromatic carbocycles. The molecule has 11 heavy (non-hydrogen) atoms. The van der Waals surface area contributed by atoms with E-state index in [1.807, 2.05) is 24.3 Å². The fourth-order valence-electron chi connectivity index (χ4n) is 1.09. The number of nitrogens with two attached hydrogens (primary N) is 2. The average molecular weight is 167 g/mol. The first-order valence-corrected chi connectivity index (χ1v) is 4.22. The topological polar surface area (TPSA) is 55.3 Å². The normalized spacial score (nSPS) is 22.0. The zero-order valence-electron chi connectivity index (χ0n) is 5.90. The zero-order valence-corrected chi connectivity index (χ0v) is 6.71. The highest BCUT2D eigenvalue weighted by atomic mass is 32.2. The van der Waals surface area contributed by atoms with Crippen LogP contribution in [0.3, 0.4) is 0 Å². The third-order valence-corrected chi connectivity index (χ3v) is 2.73. The predicted octanol–water partition coefficient (Wildman–Crippen LogP) is 0.715. The van der Waals surface area contributed by atoms with Gasteiger partial charge in [-0.1, -0.05) is 23.9 Å². The Morgan fingerprint density at radius 2 is 2.09 bits per heavy atom. The lowest BCUT2D eigenvalue weighted by atomic mass is 10.3. The average Bonchev–Trinajstić information content (AvgIpc) is 2.30. The minimum Gasteiger partial charge on any atom is -0.301 e. The molecule has 2 rings (SSSR count). The van der Waals surface area contributed by atoms with Crippen LogP contribution in [0.4, 0.5) is 5.69 Å². The molecule has 1 aromatic rings. The van der Waals surface area contributed by atoms with Gasteiger partial charge >= 0.3 is 0 Å². The van der Waals surface area contributed by atoms with Crippen LogP contribution in [0.1, 0.15) is 0 Å². The predicted molar refractivity (Wildman–Crippen MR) is 46.9 cm³/mol. The maximum Gasteiger partial charge on any atom is 0.144 e. The Bertz CT molecular complexity index is 276. The molecule has 4 heteroatoms. The first-order valence-electron chi connectivity index (χ1n) is 3.34. The van der Waals surface area contributed by atoms with Crippen molar-refractivity contribution in [2.24, 2.45) is 11.6 Å². The van der Waals surface area contributed by atoms with Gasteiger partial charge in [-0.3, -0.25) is 5.01 Å². The van der Waals surface area contributed by atoms with E-state index in [2.05, 4.69) is 0 Å². The van der Waals surface area contributed by atoms with Crippen molar-refractivity contribution in [1.82, 2.24) is 0 Å². The van der Waals surface area contributed by atoms with E-state index in [1.54, 1.807) is 16.8 Å². The maximum absolute atomic E-state index is 5.69. The number of hydrazine groups is 1. The first kappa shape index (κ1) is 6.97. The molecule has 4 N–H and O–H groups in total. The van der Waals surface area contributed by atoms with Crippen molar-refractivity contribution in [3.63, 3.8) is 0 Å². The van der Waals surface area contributed by atoms with Crippen molar-refractivity contribution in [1.29, 1.82) is 0 Å². The summed E-state index contributed by atoms with van der Waals surface area (Å²) >= 11 is 1.58. The highest BCUT2D eigenvalue weighted by Crippen LogP contribution is 2.38. The number of nitrogens with zero attached hydrogens (tertiary/aromatic N) is 1. The van der Waals surface area contributed by atoms with E-state index < -0.39 is 0 Å². The van der Waals surface area contributed by atoms with Crippen LogP contribution < -0.4 is 16.6 Å². The molecule has 1 aliphatic heterocycles. The van der Waals surface area contributed by atoms with Crippen molar-refractivity contribution in [3.8, 4) is 0 Å². The minimum atomic E-state index is -0.132. The Morgan fingerprint density at radius 1 is 1.36 bits per heavy atom. The minimum absolute atomic E-state index is 0.132. The number of para-hydroxylation sites is 1. The van der Waals surface area contributed by atoms with Gasteiger partial charge in [0.2, 0.25) is 0 Å². The third-order valence-electron chi connectivity index (χ3n) is 1.67. The Hall–Kier alpha value is -0.710. The van der Waals surface area contributed by atoms with Crippen molar-refractivity contribution in [2.75, 3.05) is 5.01 Å². The molecule has 1 heterocycles. The SMILES string of the molecule is NC1Sc2ccccc2N1N. The van der Waals surface area contributed by atoms with Crippen molar-refractivity contribution in [2.45, 2.75) is 10.4 Å². The molecule has 1 unspecified atom stereocenters. The van der Waals surface area contributed by atoms with Gasteiger partial charge in [-0.25, -0.2) is 5.84 Å². The summed E-state index contributed by atoms with van der Waals surface area (Å²) in [5.74, 6) is 5.68. The molecule has 0 saturated heterocycles. The Morgan fingerprint density at radius 3 is 2.82 bits per heavy atom. The molecule has 1 atom stereocenters. The van der Waals surface area contributed by atoms with E-state index in [9.17, 15) is 0 Å². The summed E-state index contributed by atoms with van der Waals surface area (Å²) in [5, 5.41) is 1.58. The number of benzene rings is 1. The van der Waals surface area contributed by atoms with Gasteiger partial charge in [0.15, 0.2) is 0 Å². The van der Waals surface area contributed by atoms with Gasteiger partial charge < -0.3 is 5.73 Å². The van der Waals surface area contributed by atoms with E-state index >= 15 is 0 Å². The van der Waals surface area contributed by atoms with Gasteiger partial charge in [0, 0.05) is 4.90 Å². The first-order chi connectivity index (χ1) is 5.29. The van der Waals surface area contributed by atoms with Gasteiger partial charge in [-0.05, 0) is 12.1 Å². The number of hydrogen-bond donors (Lipinski definition) is 2. The quantitative estimate of drug-likeness (QED) is 0.559. The van der Waals surface area contributed by atoms with Gasteiger partial charge in [0.05, 0.1) is 5.69 Å². The second kappa shape index (κ2) is 2.41. The number of fused-ring (bicyclic) bond motifs is 1. The Balaban J connectivity index is 2.47. The lowest BCUT2D eigenvalue weighted by Gasteiger charge is -2.15. The molecule has 0 amide bonds. The van der Waals surface area contributed by atoms with Crippen LogP contribution in [-0.2, 0) is 0 Å². The van der Waals surface area contributed by atoms with Crippen molar-refractivity contribution >= 4 is 17.4 Å². The van der Waals surface area contributed by atoms with Crippen molar-refractivity contribution < 1.29 is 0 Å². The molecule has 0 spiro atoms. The Labute approximate surface area is 69.3 Å². The summed E-state index contributed by atoms with van der Waals surface area (Å²) in [6, 6.07) is 7.93. The summed E-state index contributed by atoms with van der Waals surface area (Å²) in [6.45, 7) is 0. The summed E-state index contributed by atoms with van der Waals surface area (Å²) < 4.78 is 0. The van der Waals surface area contributed by atoms with Gasteiger partial charge in [-0.15, -0.1) is 0 Å². The zero-order chi connectivity index (χ0) is 7.84. The summed E-state index contributed by atoms with van der Waals surface area (Å²) in [4.78, 5) is 1.16. The molecular weight excluding hydrogens is 158 g/mol. The molecule has 1 aliphatic rings. The number of thioether (sulfide) groups is 1. The van der Waals surface area contributed by atoms with Crippen LogP contribution in [-0.4, -0.2) is 5.50 Å². The standard InChI is InChI=1S/C7H9N3S/c8-7-10(9)5-3-1-2-4-6(5)11-7/h1-4,7H,8-9H2. The van der Waals surface area contributed by atoms with E-state index in [0.717, 1.165) is 10.6 Å². The molecular formula is C7H9N3S. The molecule has 0 aromatic heterocycles. The smallest absolute Gasteiger partial charge is 0.144 e. The Kier molecular flexibility index (Phi) is 1.52. The number of anilines is 1. The van der Waals surface area contributed by atoms with Crippen LogP contribution in [0.25, 0.3) is 0 Å². The van der Waals surface area contributed by atoms with Crippen molar-refractivity contribution in [3.05, 3.63) is 24.3 Å². The molecule has 58 valence electrons. The molecule has 0 radical (unpaired) electrons. The maximum atomic E-state index is 5.69. The lowest BCUT2D eigenvalue weighted by molar-refractivity contribution is 0.826. The summed E-state index contributed by atoms with van der Waals surface area (Å²) in [7, 11) is 0. The van der Waals surface area contributed by atoms with E-state index in [4.69, 9.17) is 11.6 Å². The number of rotatable bonds is 0. The van der Waals surface area contributed by atoms with Crippen LogP contribution in [0.15, 0.2) is 29.2 Å². The van der Waals surface area contributed by atoms with E-state index in [0.29, 0.717) is 0 Å². The molecule has 3 nitrogen and oxygen atoms in total. The fraction of sp³-hybridized carbons (Fsp3) is 0.143. The van der Waals surface area contributed by atoms with Gasteiger partial charge in [-0.2, -0.15) is 0 Å². The van der Waals surface area contributed by atoms with E-state index in [1.165, 1.54) is 0 Å². The molecule has 0 fully saturated rings. The molecule has 0 saturated carbocycles. The summed E-state index contributed by atoms with van der Waals surface area (Å²) in [5.41, 5.74) is 6.58. The molecule has 0 bridgehead atoms. The van der Waals surface area contributed by atoms with E-state index in [-0.39, 0.29) is 5.50 Å². The lowest BCUT2D eigenvalue weighted by Crippen LogP contribution is -2.41. The monoisotopic (exact) mass is 167 g/mol. The second-order valence-electron chi connectivity index (χ2n) is 2.38. The highest BCUT2D eigenvalue weighted by molar-refractivity contribution is 8.00. The van der Waals surface area contributed by atoms with Crippen LogP contribution in [0.2, 0.25) is 0 Å². The van der Waals surface area contributed by atoms with Gasteiger partial charge in [0.1, 0.15) is 5.50 Å². The fourth-order valence-corrected chi connectivity index (χ4v) is 2.03. The van der Waals surface area contributed by atoms with Crippen LogP contribution in [0.5, 0.6) is 0 Å². The molecule has 0 aliphatic carbocycles. The largest absolute Gasteiger partial charge is 0.301 e. The highest BCUT2D eigenvalue weighted by Gasteiger charge is 2.23. The van der Waals surface area contributed by atoms with Crippen LogP contribution >= 0.6 is 11.8 Å². The summed E-state index contributed by atoms with van der Waals surface area (Å²) in [6.07, 6.45) is 0. The van der Waals surface area contributed by atoms with Crippen LogP contribution in [0, 0.1) is 0 Å². The van der Waals surface area contributed by atoms with Gasteiger partial charge in [0.25, 0.3) is 0 Å².